The fraction of sp³-hybridized carbons (Fsp3) is 0.833. The number of nitrogens with zero attached hydrogens (tertiary/aromatic N) is 1. The summed E-state index contributed by atoms with van der Waals surface area (Å²) < 4.78 is 14.7. The van der Waals surface area contributed by atoms with E-state index in [2.05, 4.69) is 4.40 Å². The Bertz CT molecular complexity index is 136. The van der Waals surface area contributed by atoms with Crippen molar-refractivity contribution in [3.8, 4) is 0 Å². The van der Waals surface area contributed by atoms with Gasteiger partial charge in [0.25, 0.3) is 0 Å². The normalized spacial score (nSPS) is 13.4. The van der Waals surface area contributed by atoms with Gasteiger partial charge in [0.15, 0.2) is 0 Å². The van der Waals surface area contributed by atoms with Crippen LogP contribution in [0.3, 0.4) is 0 Å². The molecule has 0 rings (SSSR count). The standard InChI is InChI=1S/C6H13NOS/c1-5(2)7-9(8)6(3)4/h6H,1-4H3. The Hall–Kier alpha value is -0.180. The molecule has 0 fully saturated rings. The van der Waals surface area contributed by atoms with Crippen molar-refractivity contribution in [2.24, 2.45) is 4.40 Å². The van der Waals surface area contributed by atoms with Gasteiger partial charge in [0.1, 0.15) is 11.0 Å². The van der Waals surface area contributed by atoms with Gasteiger partial charge >= 0.3 is 0 Å². The van der Waals surface area contributed by atoms with Crippen molar-refractivity contribution in [3.63, 3.8) is 0 Å². The van der Waals surface area contributed by atoms with Crippen molar-refractivity contribution in [1.82, 2.24) is 0 Å². The molecule has 0 heterocycles. The van der Waals surface area contributed by atoms with Crippen LogP contribution in [0.5, 0.6) is 0 Å². The highest BCUT2D eigenvalue weighted by Crippen LogP contribution is 1.95. The first-order valence-corrected chi connectivity index (χ1v) is 4.13. The molecule has 0 aromatic carbocycles. The predicted molar refractivity (Wildman–Crippen MR) is 42.1 cm³/mol. The number of rotatable bonds is 2. The Balaban J connectivity index is 3.93. The van der Waals surface area contributed by atoms with Crippen molar-refractivity contribution in [3.05, 3.63) is 0 Å². The molecule has 1 unspecified atom stereocenters. The highest BCUT2D eigenvalue weighted by atomic mass is 32.2. The van der Waals surface area contributed by atoms with Crippen LogP contribution >= 0.6 is 0 Å². The van der Waals surface area contributed by atoms with Crippen molar-refractivity contribution >= 4 is 16.7 Å². The van der Waals surface area contributed by atoms with Gasteiger partial charge in [0.2, 0.25) is 0 Å². The van der Waals surface area contributed by atoms with Gasteiger partial charge < -0.3 is 0 Å². The first kappa shape index (κ1) is 8.82. The van der Waals surface area contributed by atoms with Crippen molar-refractivity contribution in [2.75, 3.05) is 0 Å². The summed E-state index contributed by atoms with van der Waals surface area (Å²) in [6.07, 6.45) is 0. The smallest absolute Gasteiger partial charge is 0.141 e. The second-order valence-corrected chi connectivity index (χ2v) is 4.04. The summed E-state index contributed by atoms with van der Waals surface area (Å²) in [5.74, 6) is 0. The summed E-state index contributed by atoms with van der Waals surface area (Å²) in [5, 5.41) is 0.139. The second kappa shape index (κ2) is 3.77. The zero-order valence-electron chi connectivity index (χ0n) is 6.34. The summed E-state index contributed by atoms with van der Waals surface area (Å²) in [4.78, 5) is 0. The summed E-state index contributed by atoms with van der Waals surface area (Å²) in [6.45, 7) is 7.48. The molecule has 0 aromatic heterocycles. The lowest BCUT2D eigenvalue weighted by atomic mass is 10.5. The van der Waals surface area contributed by atoms with Gasteiger partial charge in [0, 0.05) is 5.71 Å². The molecule has 3 heteroatoms. The average molecular weight is 147 g/mol. The van der Waals surface area contributed by atoms with Crippen LogP contribution in [0.15, 0.2) is 4.40 Å². The van der Waals surface area contributed by atoms with Gasteiger partial charge in [-0.05, 0) is 27.7 Å². The largest absolute Gasteiger partial charge is 0.235 e. The lowest BCUT2D eigenvalue weighted by Gasteiger charge is -1.97. The zero-order chi connectivity index (χ0) is 7.44. The highest BCUT2D eigenvalue weighted by Gasteiger charge is 2.00. The fourth-order valence-electron chi connectivity index (χ4n) is 0.285. The minimum absolute atomic E-state index is 0.139. The molecule has 2 nitrogen and oxygen atoms in total. The third-order valence-corrected chi connectivity index (χ3v) is 2.03. The van der Waals surface area contributed by atoms with E-state index in [-0.39, 0.29) is 5.25 Å². The van der Waals surface area contributed by atoms with Crippen LogP contribution in [0.2, 0.25) is 0 Å². The maximum absolute atomic E-state index is 10.9. The summed E-state index contributed by atoms with van der Waals surface area (Å²) in [6, 6.07) is 0. The second-order valence-electron chi connectivity index (χ2n) is 2.36. The van der Waals surface area contributed by atoms with Gasteiger partial charge in [-0.3, -0.25) is 0 Å². The third kappa shape index (κ3) is 4.33. The zero-order valence-corrected chi connectivity index (χ0v) is 7.16. The summed E-state index contributed by atoms with van der Waals surface area (Å²) >= 11 is 0. The topological polar surface area (TPSA) is 29.4 Å². The monoisotopic (exact) mass is 147 g/mol. The minimum Gasteiger partial charge on any atom is -0.235 e. The lowest BCUT2D eigenvalue weighted by molar-refractivity contribution is 0.678. The Morgan fingerprint density at radius 1 is 1.44 bits per heavy atom. The average Bonchev–Trinajstić information content (AvgIpc) is 1.63. The number of hydrogen-bond donors (Lipinski definition) is 0. The van der Waals surface area contributed by atoms with Crippen molar-refractivity contribution in [1.29, 1.82) is 0 Å². The van der Waals surface area contributed by atoms with Crippen LogP contribution in [0.1, 0.15) is 27.7 Å². The van der Waals surface area contributed by atoms with Gasteiger partial charge in [-0.15, -0.1) is 0 Å². The minimum atomic E-state index is -1.01. The fourth-order valence-corrected chi connectivity index (χ4v) is 0.856. The Labute approximate surface area is 59.0 Å². The maximum atomic E-state index is 10.9. The van der Waals surface area contributed by atoms with Gasteiger partial charge in [0.05, 0.1) is 5.25 Å². The van der Waals surface area contributed by atoms with Crippen LogP contribution in [0, 0.1) is 0 Å². The molecule has 54 valence electrons. The van der Waals surface area contributed by atoms with E-state index in [1.54, 1.807) is 0 Å². The Morgan fingerprint density at radius 2 is 1.89 bits per heavy atom. The SMILES string of the molecule is CC(C)=NS(=O)C(C)C. The molecule has 0 aliphatic rings. The number of hydrogen-bond acceptors (Lipinski definition) is 1. The molecule has 0 amide bonds. The van der Waals surface area contributed by atoms with Crippen LogP contribution in [0.25, 0.3) is 0 Å². The quantitative estimate of drug-likeness (QED) is 0.545. The van der Waals surface area contributed by atoms with E-state index in [1.807, 2.05) is 27.7 Å². The first-order valence-electron chi connectivity index (χ1n) is 2.96. The van der Waals surface area contributed by atoms with Gasteiger partial charge in [-0.1, -0.05) is 0 Å². The van der Waals surface area contributed by atoms with E-state index < -0.39 is 11.0 Å². The molecule has 0 N–H and O–H groups in total. The highest BCUT2D eigenvalue weighted by molar-refractivity contribution is 7.84. The maximum Gasteiger partial charge on any atom is 0.141 e. The van der Waals surface area contributed by atoms with E-state index >= 15 is 0 Å². The molecule has 0 saturated carbocycles. The van der Waals surface area contributed by atoms with Crippen LogP contribution in [0.4, 0.5) is 0 Å². The molecule has 1 atom stereocenters. The summed E-state index contributed by atoms with van der Waals surface area (Å²) in [5.41, 5.74) is 0.877. The molecular weight excluding hydrogens is 134 g/mol. The van der Waals surface area contributed by atoms with Crippen LogP contribution in [-0.4, -0.2) is 15.2 Å². The van der Waals surface area contributed by atoms with E-state index in [4.69, 9.17) is 0 Å². The molecule has 0 spiro atoms. The lowest BCUT2D eigenvalue weighted by Crippen LogP contribution is -2.03. The third-order valence-electron chi connectivity index (χ3n) is 0.676. The molecule has 9 heavy (non-hydrogen) atoms. The Kier molecular flexibility index (Phi) is 3.70. The molecule has 0 aliphatic heterocycles. The molecule has 0 radical (unpaired) electrons. The molecular formula is C6H13NOS. The van der Waals surface area contributed by atoms with Crippen LogP contribution < -0.4 is 0 Å². The van der Waals surface area contributed by atoms with E-state index in [0.717, 1.165) is 5.71 Å². The van der Waals surface area contributed by atoms with E-state index in [0.29, 0.717) is 0 Å². The predicted octanol–water partition coefficient (Wildman–Crippen LogP) is 1.54. The Morgan fingerprint density at radius 3 is 2.00 bits per heavy atom. The molecule has 0 saturated heterocycles. The van der Waals surface area contributed by atoms with E-state index in [1.165, 1.54) is 0 Å². The van der Waals surface area contributed by atoms with E-state index in [9.17, 15) is 4.21 Å². The molecule has 0 bridgehead atoms. The summed E-state index contributed by atoms with van der Waals surface area (Å²) in [7, 11) is -1.01. The first-order chi connectivity index (χ1) is 4.04. The van der Waals surface area contributed by atoms with Gasteiger partial charge in [-0.2, -0.15) is 4.40 Å². The van der Waals surface area contributed by atoms with Crippen molar-refractivity contribution < 1.29 is 4.21 Å². The van der Waals surface area contributed by atoms with Gasteiger partial charge in [-0.25, -0.2) is 4.21 Å². The molecule has 0 aliphatic carbocycles. The molecule has 0 aromatic rings. The van der Waals surface area contributed by atoms with Crippen molar-refractivity contribution in [2.45, 2.75) is 32.9 Å². The van der Waals surface area contributed by atoms with Crippen LogP contribution in [-0.2, 0) is 11.0 Å².